The molecule has 2 nitrogen and oxygen atoms in total. The largest absolute Gasteiger partial charge is 0.314 e. The van der Waals surface area contributed by atoms with Crippen LogP contribution in [0.15, 0.2) is 194 Å². The number of hydrogen-bond donors (Lipinski definition) is 0. The first-order chi connectivity index (χ1) is 28.7. The van der Waals surface area contributed by atoms with Crippen molar-refractivity contribution in [2.45, 2.75) is 46.0 Å². The monoisotopic (exact) mass is 750 g/mol. The SMILES string of the molecule is C/C=C\C=C/c1cc2ccccc2cc1N(C1=CC=C(c2ccc(N(c3ccccc3)c3cc4ccccc4c4c3C3CC3C=C4)cc2)CC1)c1ccccc1.CC. The first-order valence-corrected chi connectivity index (χ1v) is 21.0. The second-order valence-electron chi connectivity index (χ2n) is 15.2. The normalized spacial score (nSPS) is 16.7. The Hall–Kier alpha value is -6.64. The number of rotatable bonds is 9. The molecule has 0 radical (unpaired) electrons. The zero-order chi connectivity index (χ0) is 39.4. The predicted octanol–water partition coefficient (Wildman–Crippen LogP) is 16.1. The summed E-state index contributed by atoms with van der Waals surface area (Å²) in [6.07, 6.45) is 21.2. The minimum absolute atomic E-state index is 0.582. The fourth-order valence-corrected chi connectivity index (χ4v) is 8.87. The van der Waals surface area contributed by atoms with E-state index in [0.717, 1.165) is 12.8 Å². The maximum atomic E-state index is 2.49. The number of nitrogens with zero attached hydrogens (tertiary/aromatic N) is 2. The van der Waals surface area contributed by atoms with Crippen LogP contribution in [0.5, 0.6) is 0 Å². The maximum Gasteiger partial charge on any atom is 0.0537 e. The third-order valence-corrected chi connectivity index (χ3v) is 11.7. The van der Waals surface area contributed by atoms with E-state index in [1.165, 1.54) is 89.9 Å². The average molecular weight is 751 g/mol. The summed E-state index contributed by atoms with van der Waals surface area (Å²) >= 11 is 0. The van der Waals surface area contributed by atoms with E-state index in [9.17, 15) is 0 Å². The molecule has 2 unspecified atom stereocenters. The Morgan fingerprint density at radius 2 is 1.19 bits per heavy atom. The standard InChI is InChI=1S/C54H44N2.C2H6/c1-2-3-6-18-44-34-40-15-11-12-16-41(40)36-52(44)55(45-19-7-4-8-20-45)47-29-24-38(25-30-47)39-26-31-48(32-27-39)56(46-21-9-5-10-22-46)53-37-42-17-13-14-23-49(42)50-33-28-43-35-51(43)54(50)53;1-2/h2-24,26-29,31-34,36-37,43,51H,25,30,35H2,1H3;1-2H3/b3-2-,18-6-;. The minimum Gasteiger partial charge on any atom is -0.314 e. The minimum atomic E-state index is 0.582. The molecule has 7 aromatic rings. The van der Waals surface area contributed by atoms with E-state index in [1.54, 1.807) is 0 Å². The van der Waals surface area contributed by atoms with Gasteiger partial charge in [0.1, 0.15) is 0 Å². The molecule has 2 atom stereocenters. The van der Waals surface area contributed by atoms with Gasteiger partial charge in [0.05, 0.1) is 11.4 Å². The zero-order valence-electron chi connectivity index (χ0n) is 33.7. The summed E-state index contributed by atoms with van der Waals surface area (Å²) in [5.74, 6) is 1.23. The molecule has 284 valence electrons. The van der Waals surface area contributed by atoms with E-state index in [1.807, 2.05) is 13.8 Å². The highest BCUT2D eigenvalue weighted by molar-refractivity contribution is 5.99. The van der Waals surface area contributed by atoms with E-state index in [2.05, 4.69) is 217 Å². The third kappa shape index (κ3) is 7.12. The third-order valence-electron chi connectivity index (χ3n) is 11.7. The Morgan fingerprint density at radius 3 is 1.88 bits per heavy atom. The molecule has 0 N–H and O–H groups in total. The number of anilines is 5. The maximum absolute atomic E-state index is 2.49. The predicted molar refractivity (Wildman–Crippen MR) is 252 cm³/mol. The van der Waals surface area contributed by atoms with Crippen LogP contribution in [0.3, 0.4) is 0 Å². The highest BCUT2D eigenvalue weighted by atomic mass is 15.2. The Balaban J connectivity index is 0.00000215. The highest BCUT2D eigenvalue weighted by Crippen LogP contribution is 2.58. The Kier molecular flexibility index (Phi) is 10.5. The van der Waals surface area contributed by atoms with Crippen molar-refractivity contribution in [1.82, 2.24) is 0 Å². The Morgan fingerprint density at radius 1 is 0.569 bits per heavy atom. The molecular weight excluding hydrogens is 701 g/mol. The number of hydrogen-bond acceptors (Lipinski definition) is 2. The van der Waals surface area contributed by atoms with Crippen LogP contribution in [-0.2, 0) is 0 Å². The topological polar surface area (TPSA) is 6.48 Å². The van der Waals surface area contributed by atoms with E-state index in [-0.39, 0.29) is 0 Å². The molecule has 1 saturated carbocycles. The number of para-hydroxylation sites is 2. The fourth-order valence-electron chi connectivity index (χ4n) is 8.87. The Bertz CT molecular complexity index is 2730. The van der Waals surface area contributed by atoms with Gasteiger partial charge in [-0.3, -0.25) is 0 Å². The summed E-state index contributed by atoms with van der Waals surface area (Å²) in [5, 5.41) is 5.11. The summed E-state index contributed by atoms with van der Waals surface area (Å²) in [5.41, 5.74) is 14.0. The second kappa shape index (κ2) is 16.5. The lowest BCUT2D eigenvalue weighted by atomic mass is 9.89. The average Bonchev–Trinajstić information content (AvgIpc) is 4.09. The second-order valence-corrected chi connectivity index (χ2v) is 15.2. The van der Waals surface area contributed by atoms with Crippen molar-refractivity contribution >= 4 is 67.7 Å². The molecular formula is C56H50N2. The van der Waals surface area contributed by atoms with Gasteiger partial charge in [-0.25, -0.2) is 0 Å². The van der Waals surface area contributed by atoms with Crippen molar-refractivity contribution in [2.24, 2.45) is 5.92 Å². The summed E-state index contributed by atoms with van der Waals surface area (Å²) in [7, 11) is 0. The lowest BCUT2D eigenvalue weighted by Crippen LogP contribution is -2.19. The van der Waals surface area contributed by atoms with Crippen LogP contribution in [0.4, 0.5) is 28.4 Å². The molecule has 0 spiro atoms. The van der Waals surface area contributed by atoms with Crippen LogP contribution in [-0.4, -0.2) is 0 Å². The quantitative estimate of drug-likeness (QED) is 0.136. The van der Waals surface area contributed by atoms with Crippen molar-refractivity contribution in [3.63, 3.8) is 0 Å². The molecule has 0 aliphatic heterocycles. The molecule has 10 rings (SSSR count). The van der Waals surface area contributed by atoms with E-state index >= 15 is 0 Å². The van der Waals surface area contributed by atoms with E-state index < -0.39 is 0 Å². The van der Waals surface area contributed by atoms with Crippen LogP contribution in [0, 0.1) is 5.92 Å². The van der Waals surface area contributed by atoms with Crippen molar-refractivity contribution < 1.29 is 0 Å². The first-order valence-electron chi connectivity index (χ1n) is 21.0. The van der Waals surface area contributed by atoms with Crippen molar-refractivity contribution in [3.8, 4) is 0 Å². The van der Waals surface area contributed by atoms with Crippen LogP contribution < -0.4 is 9.80 Å². The van der Waals surface area contributed by atoms with Crippen LogP contribution in [0.25, 0.3) is 39.3 Å². The van der Waals surface area contributed by atoms with Gasteiger partial charge in [0, 0.05) is 22.8 Å². The number of benzene rings is 7. The number of allylic oxidation sites excluding steroid dienone is 8. The van der Waals surface area contributed by atoms with Gasteiger partial charge in [0.15, 0.2) is 0 Å². The van der Waals surface area contributed by atoms with Gasteiger partial charge in [0.25, 0.3) is 0 Å². The number of fused-ring (bicyclic) bond motifs is 6. The van der Waals surface area contributed by atoms with Gasteiger partial charge < -0.3 is 9.80 Å². The highest BCUT2D eigenvalue weighted by Gasteiger charge is 2.42. The zero-order valence-corrected chi connectivity index (χ0v) is 33.7. The van der Waals surface area contributed by atoms with Crippen LogP contribution >= 0.6 is 0 Å². The van der Waals surface area contributed by atoms with Gasteiger partial charge >= 0.3 is 0 Å². The summed E-state index contributed by atoms with van der Waals surface area (Å²) in [6, 6.07) is 55.6. The lowest BCUT2D eigenvalue weighted by Gasteiger charge is -2.32. The molecule has 58 heavy (non-hydrogen) atoms. The van der Waals surface area contributed by atoms with Gasteiger partial charge in [-0.1, -0.05) is 153 Å². The molecule has 2 heteroatoms. The molecule has 0 aromatic heterocycles. The van der Waals surface area contributed by atoms with Crippen LogP contribution in [0.2, 0.25) is 0 Å². The molecule has 1 fully saturated rings. The van der Waals surface area contributed by atoms with Crippen molar-refractivity contribution in [3.05, 3.63) is 216 Å². The molecule has 0 saturated heterocycles. The fraction of sp³-hybridized carbons (Fsp3) is 0.143. The molecule has 3 aliphatic carbocycles. The Labute approximate surface area is 344 Å². The van der Waals surface area contributed by atoms with Gasteiger partial charge in [-0.15, -0.1) is 0 Å². The van der Waals surface area contributed by atoms with Gasteiger partial charge in [-0.05, 0) is 148 Å². The molecule has 0 heterocycles. The van der Waals surface area contributed by atoms with Crippen molar-refractivity contribution in [2.75, 3.05) is 9.80 Å². The first kappa shape index (κ1) is 37.0. The van der Waals surface area contributed by atoms with Gasteiger partial charge in [-0.2, -0.15) is 0 Å². The van der Waals surface area contributed by atoms with Crippen molar-refractivity contribution in [1.29, 1.82) is 0 Å². The lowest BCUT2D eigenvalue weighted by molar-refractivity contribution is 0.930. The summed E-state index contributed by atoms with van der Waals surface area (Å²) in [6.45, 7) is 6.06. The summed E-state index contributed by atoms with van der Waals surface area (Å²) in [4.78, 5) is 4.94. The molecule has 0 bridgehead atoms. The molecule has 3 aliphatic rings. The molecule has 0 amide bonds. The van der Waals surface area contributed by atoms with E-state index in [0.29, 0.717) is 11.8 Å². The van der Waals surface area contributed by atoms with E-state index in [4.69, 9.17) is 0 Å². The summed E-state index contributed by atoms with van der Waals surface area (Å²) < 4.78 is 0. The van der Waals surface area contributed by atoms with Gasteiger partial charge in [0.2, 0.25) is 0 Å². The smallest absolute Gasteiger partial charge is 0.0537 e. The van der Waals surface area contributed by atoms with Crippen LogP contribution in [0.1, 0.15) is 68.2 Å². The molecule has 7 aromatic carbocycles.